The van der Waals surface area contributed by atoms with Crippen molar-refractivity contribution in [2.45, 2.75) is 64.5 Å². The van der Waals surface area contributed by atoms with Crippen LogP contribution < -0.4 is 21.8 Å². The van der Waals surface area contributed by atoms with E-state index in [9.17, 15) is 4.79 Å². The largest absolute Gasteiger partial charge is 0.328 e. The van der Waals surface area contributed by atoms with Gasteiger partial charge in [0.15, 0.2) is 0 Å². The maximum absolute atomic E-state index is 13.3. The molecule has 7 heteroatoms. The molecule has 1 aromatic heterocycles. The third-order valence-electron chi connectivity index (χ3n) is 6.76. The summed E-state index contributed by atoms with van der Waals surface area (Å²) in [5.41, 5.74) is 11.5. The number of rotatable bonds is 6. The van der Waals surface area contributed by atoms with Crippen molar-refractivity contribution in [3.63, 3.8) is 0 Å². The zero-order valence-corrected chi connectivity index (χ0v) is 19.4. The first-order valence-corrected chi connectivity index (χ1v) is 12.0. The number of benzene rings is 2. The number of nitrogens with zero attached hydrogens (tertiary/aromatic N) is 4. The molecule has 2 N–H and O–H groups in total. The van der Waals surface area contributed by atoms with Crippen molar-refractivity contribution in [2.24, 2.45) is 5.10 Å². The highest BCUT2D eigenvalue weighted by Crippen LogP contribution is 2.33. The summed E-state index contributed by atoms with van der Waals surface area (Å²) in [5, 5.41) is 6.01. The minimum absolute atomic E-state index is 0.102. The Labute approximate surface area is 194 Å². The molecule has 0 radical (unpaired) electrons. The molecule has 0 atom stereocenters. The van der Waals surface area contributed by atoms with Gasteiger partial charge >= 0.3 is 5.69 Å². The first kappa shape index (κ1) is 21.5. The van der Waals surface area contributed by atoms with Crippen LogP contribution >= 0.6 is 0 Å². The normalized spacial score (nSPS) is 16.5. The van der Waals surface area contributed by atoms with Crippen molar-refractivity contribution in [2.75, 3.05) is 5.12 Å². The molecule has 0 saturated heterocycles. The monoisotopic (exact) mass is 444 g/mol. The Bertz CT molecular complexity index is 1180. The molecule has 7 nitrogen and oxygen atoms in total. The Hall–Kier alpha value is -3.32. The summed E-state index contributed by atoms with van der Waals surface area (Å²) in [6.45, 7) is 4.77. The molecule has 3 aromatic rings. The first-order chi connectivity index (χ1) is 16.1. The van der Waals surface area contributed by atoms with Crippen molar-refractivity contribution in [3.05, 3.63) is 76.5 Å². The zero-order valence-electron chi connectivity index (χ0n) is 19.4. The van der Waals surface area contributed by atoms with Gasteiger partial charge in [-0.15, -0.1) is 10.6 Å². The lowest BCUT2D eigenvalue weighted by molar-refractivity contribution is 0.425. The molecule has 172 valence electrons. The number of hydrazine groups is 2. The predicted molar refractivity (Wildman–Crippen MR) is 133 cm³/mol. The number of anilines is 1. The van der Waals surface area contributed by atoms with E-state index in [4.69, 9.17) is 0 Å². The molecular formula is C26H32N6O. The highest BCUT2D eigenvalue weighted by molar-refractivity contribution is 5.79. The molecule has 5 rings (SSSR count). The van der Waals surface area contributed by atoms with Crippen molar-refractivity contribution < 1.29 is 0 Å². The van der Waals surface area contributed by atoms with Crippen LogP contribution in [0.25, 0.3) is 11.1 Å². The van der Waals surface area contributed by atoms with E-state index in [1.807, 2.05) is 27.3 Å². The van der Waals surface area contributed by atoms with Crippen LogP contribution in [0.2, 0.25) is 0 Å². The quantitative estimate of drug-likeness (QED) is 0.575. The maximum Gasteiger partial charge on any atom is 0.328 e. The number of hydrazone groups is 1. The molecule has 0 bridgehead atoms. The fraction of sp³-hybridized carbons (Fsp3) is 0.385. The van der Waals surface area contributed by atoms with Gasteiger partial charge in [-0.25, -0.2) is 4.79 Å². The smallest absolute Gasteiger partial charge is 0.296 e. The fourth-order valence-corrected chi connectivity index (χ4v) is 4.97. The highest BCUT2D eigenvalue weighted by atomic mass is 16.1. The molecular weight excluding hydrogens is 412 g/mol. The van der Waals surface area contributed by atoms with Gasteiger partial charge in [0, 0.05) is 29.4 Å². The Morgan fingerprint density at radius 1 is 1.03 bits per heavy atom. The average Bonchev–Trinajstić information content (AvgIpc) is 3.49. The lowest BCUT2D eigenvalue weighted by atomic mass is 9.87. The second-order valence-electron chi connectivity index (χ2n) is 9.29. The van der Waals surface area contributed by atoms with Crippen LogP contribution in [0.1, 0.15) is 69.2 Å². The third kappa shape index (κ3) is 4.33. The molecule has 2 heterocycles. The van der Waals surface area contributed by atoms with Crippen LogP contribution in [-0.4, -0.2) is 15.5 Å². The van der Waals surface area contributed by atoms with E-state index in [2.05, 4.69) is 66.4 Å². The first-order valence-electron chi connectivity index (χ1n) is 12.0. The summed E-state index contributed by atoms with van der Waals surface area (Å²) in [7, 11) is 0. The van der Waals surface area contributed by atoms with Gasteiger partial charge in [0.25, 0.3) is 0 Å². The van der Waals surface area contributed by atoms with Gasteiger partial charge in [-0.3, -0.25) is 14.6 Å². The predicted octanol–water partition coefficient (Wildman–Crippen LogP) is 4.77. The topological polar surface area (TPSA) is 66.6 Å². The van der Waals surface area contributed by atoms with E-state index < -0.39 is 0 Å². The highest BCUT2D eigenvalue weighted by Gasteiger charge is 2.23. The summed E-state index contributed by atoms with van der Waals surface area (Å²) < 4.78 is 3.90. The average molecular weight is 445 g/mol. The summed E-state index contributed by atoms with van der Waals surface area (Å²) >= 11 is 0. The Morgan fingerprint density at radius 2 is 1.79 bits per heavy atom. The number of hydrogen-bond acceptors (Lipinski definition) is 5. The Balaban J connectivity index is 1.44. The lowest BCUT2D eigenvalue weighted by Crippen LogP contribution is -2.36. The number of para-hydroxylation sites is 1. The number of hydrogen-bond donors (Lipinski definition) is 2. The number of imidazole rings is 1. The molecule has 1 aliphatic carbocycles. The summed E-state index contributed by atoms with van der Waals surface area (Å²) in [6, 6.07) is 16.9. The number of nitrogens with one attached hydrogen (secondary N) is 2. The summed E-state index contributed by atoms with van der Waals surface area (Å²) in [4.78, 5) is 13.3. The molecule has 1 aliphatic heterocycles. The molecule has 0 spiro atoms. The van der Waals surface area contributed by atoms with Crippen molar-refractivity contribution >= 4 is 12.0 Å². The van der Waals surface area contributed by atoms with Crippen LogP contribution in [0.4, 0.5) is 5.69 Å². The fourth-order valence-electron chi connectivity index (χ4n) is 4.97. The zero-order chi connectivity index (χ0) is 22.8. The van der Waals surface area contributed by atoms with E-state index in [1.165, 1.54) is 37.8 Å². The molecule has 1 saturated carbocycles. The van der Waals surface area contributed by atoms with Crippen molar-refractivity contribution in [3.8, 4) is 11.1 Å². The van der Waals surface area contributed by atoms with Gasteiger partial charge in [-0.2, -0.15) is 5.12 Å². The summed E-state index contributed by atoms with van der Waals surface area (Å²) in [6.07, 6.45) is 9.91. The molecule has 2 aromatic carbocycles. The van der Waals surface area contributed by atoms with Crippen LogP contribution in [0.3, 0.4) is 0 Å². The van der Waals surface area contributed by atoms with E-state index >= 15 is 0 Å². The number of aromatic nitrogens is 2. The van der Waals surface area contributed by atoms with E-state index in [1.54, 1.807) is 11.5 Å². The molecule has 0 unspecified atom stereocenters. The van der Waals surface area contributed by atoms with Gasteiger partial charge < -0.3 is 0 Å². The van der Waals surface area contributed by atoms with E-state index in [-0.39, 0.29) is 11.7 Å². The minimum Gasteiger partial charge on any atom is -0.296 e. The maximum atomic E-state index is 13.3. The molecule has 1 fully saturated rings. The molecule has 2 aliphatic rings. The van der Waals surface area contributed by atoms with Gasteiger partial charge in [-0.05, 0) is 43.9 Å². The van der Waals surface area contributed by atoms with Crippen LogP contribution in [0.5, 0.6) is 0 Å². The van der Waals surface area contributed by atoms with Crippen molar-refractivity contribution in [1.82, 2.24) is 20.1 Å². The molecule has 33 heavy (non-hydrogen) atoms. The van der Waals surface area contributed by atoms with E-state index in [0.29, 0.717) is 12.5 Å². The van der Waals surface area contributed by atoms with Gasteiger partial charge in [0.2, 0.25) is 0 Å². The molecule has 0 amide bonds. The van der Waals surface area contributed by atoms with E-state index in [0.717, 1.165) is 22.4 Å². The lowest BCUT2D eigenvalue weighted by Gasteiger charge is -2.22. The Kier molecular flexibility index (Phi) is 6.05. The van der Waals surface area contributed by atoms with Crippen molar-refractivity contribution in [1.29, 1.82) is 0 Å². The van der Waals surface area contributed by atoms with Crippen LogP contribution in [0, 0.1) is 0 Å². The minimum atomic E-state index is 0.102. The SMILES string of the molecule is CC(C)n1cc(C2CCCCC2)n(Cc2ccc(-c3ccccc3N3N=CNN3)cc2)c1=O. The van der Waals surface area contributed by atoms with Gasteiger partial charge in [0.05, 0.1) is 12.2 Å². The van der Waals surface area contributed by atoms with Crippen LogP contribution in [0.15, 0.2) is 64.6 Å². The second kappa shape index (κ2) is 9.27. The second-order valence-corrected chi connectivity index (χ2v) is 9.29. The third-order valence-corrected chi connectivity index (χ3v) is 6.76. The van der Waals surface area contributed by atoms with Gasteiger partial charge in [-0.1, -0.05) is 61.7 Å². The van der Waals surface area contributed by atoms with Crippen LogP contribution in [-0.2, 0) is 6.54 Å². The summed E-state index contributed by atoms with van der Waals surface area (Å²) in [5.74, 6) is 0.486. The standard InChI is InChI=1S/C26H32N6O/c1-19(2)30-17-25(22-8-4-3-5-9-22)31(26(30)33)16-20-12-14-21(15-13-20)23-10-6-7-11-24(23)32-28-18-27-29-32/h6-7,10-15,17-19,22,29H,3-5,8-9,16H2,1-2H3,(H,27,28). The Morgan fingerprint density at radius 3 is 2.48 bits per heavy atom. The van der Waals surface area contributed by atoms with Gasteiger partial charge in [0.1, 0.15) is 6.34 Å².